The highest BCUT2D eigenvalue weighted by Gasteiger charge is 2.22. The lowest BCUT2D eigenvalue weighted by atomic mass is 10.0. The standard InChI is InChI=1S/C15H30N4O2/c1-4-19-8-6-5-7-12(19)9-17-13(20)10-18-15(21)14(16)11(2)3/h11-12,14H,4-10,16H2,1-3H3,(H,17,20)(H,18,21)/t12?,14-/m0/s1. The van der Waals surface area contributed by atoms with Gasteiger partial charge >= 0.3 is 0 Å². The van der Waals surface area contributed by atoms with Gasteiger partial charge in [0.2, 0.25) is 11.8 Å². The topological polar surface area (TPSA) is 87.5 Å². The van der Waals surface area contributed by atoms with Crippen molar-refractivity contribution < 1.29 is 9.59 Å². The number of piperidine rings is 1. The van der Waals surface area contributed by atoms with Gasteiger partial charge in [-0.1, -0.05) is 27.2 Å². The van der Waals surface area contributed by atoms with Crippen molar-refractivity contribution in [2.75, 3.05) is 26.2 Å². The van der Waals surface area contributed by atoms with Crippen LogP contribution in [0.3, 0.4) is 0 Å². The lowest BCUT2D eigenvalue weighted by molar-refractivity contribution is -0.127. The number of likely N-dealkylation sites (N-methyl/N-ethyl adjacent to an activating group) is 1. The quantitative estimate of drug-likeness (QED) is 0.621. The van der Waals surface area contributed by atoms with Crippen LogP contribution >= 0.6 is 0 Å². The van der Waals surface area contributed by atoms with Crippen molar-refractivity contribution in [3.63, 3.8) is 0 Å². The van der Waals surface area contributed by atoms with E-state index in [-0.39, 0.29) is 24.3 Å². The van der Waals surface area contributed by atoms with E-state index in [1.165, 1.54) is 12.8 Å². The molecule has 21 heavy (non-hydrogen) atoms. The van der Waals surface area contributed by atoms with Gasteiger partial charge in [0.05, 0.1) is 12.6 Å². The molecule has 0 bridgehead atoms. The number of rotatable bonds is 7. The highest BCUT2D eigenvalue weighted by molar-refractivity contribution is 5.87. The second-order valence-electron chi connectivity index (χ2n) is 6.07. The van der Waals surface area contributed by atoms with Crippen molar-refractivity contribution in [3.8, 4) is 0 Å². The van der Waals surface area contributed by atoms with E-state index in [4.69, 9.17) is 5.73 Å². The monoisotopic (exact) mass is 298 g/mol. The molecule has 0 radical (unpaired) electrons. The van der Waals surface area contributed by atoms with E-state index in [0.29, 0.717) is 12.6 Å². The summed E-state index contributed by atoms with van der Waals surface area (Å²) < 4.78 is 0. The SMILES string of the molecule is CCN1CCCCC1CNC(=O)CNC(=O)[C@@H](N)C(C)C. The van der Waals surface area contributed by atoms with Crippen LogP contribution in [0.15, 0.2) is 0 Å². The average Bonchev–Trinajstić information content (AvgIpc) is 2.49. The summed E-state index contributed by atoms with van der Waals surface area (Å²) in [6.45, 7) is 8.68. The van der Waals surface area contributed by atoms with E-state index < -0.39 is 6.04 Å². The van der Waals surface area contributed by atoms with Crippen LogP contribution in [0.1, 0.15) is 40.0 Å². The Morgan fingerprint density at radius 1 is 1.29 bits per heavy atom. The second kappa shape index (κ2) is 9.00. The Balaban J connectivity index is 2.26. The summed E-state index contributed by atoms with van der Waals surface area (Å²) in [5, 5.41) is 5.49. The van der Waals surface area contributed by atoms with Gasteiger partial charge in [0.15, 0.2) is 0 Å². The first kappa shape index (κ1) is 17.9. The molecule has 0 aromatic carbocycles. The molecule has 0 spiro atoms. The summed E-state index contributed by atoms with van der Waals surface area (Å²) in [6, 6.07) is -0.145. The Morgan fingerprint density at radius 2 is 2.00 bits per heavy atom. The number of amides is 2. The lowest BCUT2D eigenvalue weighted by Gasteiger charge is -2.34. The zero-order valence-corrected chi connectivity index (χ0v) is 13.5. The van der Waals surface area contributed by atoms with Gasteiger partial charge < -0.3 is 16.4 Å². The molecule has 1 unspecified atom stereocenters. The van der Waals surface area contributed by atoms with Crippen molar-refractivity contribution in [1.82, 2.24) is 15.5 Å². The van der Waals surface area contributed by atoms with Gasteiger partial charge in [-0.05, 0) is 31.8 Å². The normalized spacial score (nSPS) is 21.1. The average molecular weight is 298 g/mol. The summed E-state index contributed by atoms with van der Waals surface area (Å²) in [5.74, 6) is -0.359. The van der Waals surface area contributed by atoms with Crippen LogP contribution in [0.4, 0.5) is 0 Å². The number of carbonyl (C=O) groups is 2. The van der Waals surface area contributed by atoms with Gasteiger partial charge in [0.1, 0.15) is 0 Å². The molecule has 6 nitrogen and oxygen atoms in total. The molecule has 122 valence electrons. The zero-order chi connectivity index (χ0) is 15.8. The van der Waals surface area contributed by atoms with Crippen LogP contribution in [-0.4, -0.2) is 55.0 Å². The van der Waals surface area contributed by atoms with Crippen LogP contribution in [0.2, 0.25) is 0 Å². The third-order valence-electron chi connectivity index (χ3n) is 4.13. The highest BCUT2D eigenvalue weighted by atomic mass is 16.2. The Bertz CT molecular complexity index is 347. The number of nitrogens with one attached hydrogen (secondary N) is 2. The summed E-state index contributed by atoms with van der Waals surface area (Å²) >= 11 is 0. The minimum Gasteiger partial charge on any atom is -0.353 e. The summed E-state index contributed by atoms with van der Waals surface area (Å²) in [7, 11) is 0. The van der Waals surface area contributed by atoms with Gasteiger partial charge in [0.25, 0.3) is 0 Å². The molecule has 1 saturated heterocycles. The molecule has 1 aliphatic rings. The van der Waals surface area contributed by atoms with Crippen molar-refractivity contribution in [3.05, 3.63) is 0 Å². The Hall–Kier alpha value is -1.14. The fourth-order valence-electron chi connectivity index (χ4n) is 2.59. The molecule has 0 aromatic heterocycles. The Labute approximate surface area is 127 Å². The minimum atomic E-state index is -0.563. The molecule has 1 rings (SSSR count). The van der Waals surface area contributed by atoms with E-state index in [0.717, 1.165) is 19.5 Å². The number of nitrogens with zero attached hydrogens (tertiary/aromatic N) is 1. The van der Waals surface area contributed by atoms with E-state index in [1.54, 1.807) is 0 Å². The first-order chi connectivity index (χ1) is 9.95. The van der Waals surface area contributed by atoms with Crippen LogP contribution < -0.4 is 16.4 Å². The summed E-state index contributed by atoms with van der Waals surface area (Å²) in [4.78, 5) is 25.9. The van der Waals surface area contributed by atoms with Crippen molar-refractivity contribution in [2.24, 2.45) is 11.7 Å². The van der Waals surface area contributed by atoms with Gasteiger partial charge in [-0.25, -0.2) is 0 Å². The molecular weight excluding hydrogens is 268 g/mol. The molecule has 0 saturated carbocycles. The first-order valence-electron chi connectivity index (χ1n) is 7.99. The smallest absolute Gasteiger partial charge is 0.239 e. The van der Waals surface area contributed by atoms with E-state index in [2.05, 4.69) is 22.5 Å². The van der Waals surface area contributed by atoms with Gasteiger partial charge in [-0.3, -0.25) is 14.5 Å². The Morgan fingerprint density at radius 3 is 2.62 bits per heavy atom. The summed E-state index contributed by atoms with van der Waals surface area (Å²) in [6.07, 6.45) is 3.58. The van der Waals surface area contributed by atoms with Crippen LogP contribution in [0.5, 0.6) is 0 Å². The molecule has 6 heteroatoms. The molecule has 1 fully saturated rings. The van der Waals surface area contributed by atoms with Crippen LogP contribution in [0, 0.1) is 5.92 Å². The molecule has 1 aliphatic heterocycles. The molecule has 1 heterocycles. The molecule has 2 amide bonds. The van der Waals surface area contributed by atoms with Crippen molar-refractivity contribution >= 4 is 11.8 Å². The van der Waals surface area contributed by atoms with E-state index in [9.17, 15) is 9.59 Å². The molecule has 2 atom stereocenters. The largest absolute Gasteiger partial charge is 0.353 e. The maximum atomic E-state index is 11.8. The first-order valence-corrected chi connectivity index (χ1v) is 7.99. The number of likely N-dealkylation sites (tertiary alicyclic amines) is 1. The number of carbonyl (C=O) groups excluding carboxylic acids is 2. The van der Waals surface area contributed by atoms with E-state index in [1.807, 2.05) is 13.8 Å². The maximum Gasteiger partial charge on any atom is 0.239 e. The van der Waals surface area contributed by atoms with Crippen molar-refractivity contribution in [2.45, 2.75) is 52.1 Å². The molecular formula is C15H30N4O2. The molecule has 4 N–H and O–H groups in total. The molecule has 0 aliphatic carbocycles. The second-order valence-corrected chi connectivity index (χ2v) is 6.07. The maximum absolute atomic E-state index is 11.8. The lowest BCUT2D eigenvalue weighted by Crippen LogP contribution is -2.50. The third kappa shape index (κ3) is 6.01. The van der Waals surface area contributed by atoms with Crippen LogP contribution in [0.25, 0.3) is 0 Å². The van der Waals surface area contributed by atoms with Crippen molar-refractivity contribution in [1.29, 1.82) is 0 Å². The molecule has 0 aromatic rings. The van der Waals surface area contributed by atoms with Gasteiger partial charge in [-0.15, -0.1) is 0 Å². The Kier molecular flexibility index (Phi) is 7.67. The third-order valence-corrected chi connectivity index (χ3v) is 4.13. The van der Waals surface area contributed by atoms with Gasteiger partial charge in [0, 0.05) is 12.6 Å². The number of hydrogen-bond acceptors (Lipinski definition) is 4. The fourth-order valence-corrected chi connectivity index (χ4v) is 2.59. The predicted octanol–water partition coefficient (Wildman–Crippen LogP) is 0.0765. The van der Waals surface area contributed by atoms with Gasteiger partial charge in [-0.2, -0.15) is 0 Å². The number of nitrogens with two attached hydrogens (primary N) is 1. The zero-order valence-electron chi connectivity index (χ0n) is 13.5. The fraction of sp³-hybridized carbons (Fsp3) is 0.867. The van der Waals surface area contributed by atoms with E-state index >= 15 is 0 Å². The summed E-state index contributed by atoms with van der Waals surface area (Å²) in [5.41, 5.74) is 5.72. The number of hydrogen-bond donors (Lipinski definition) is 3. The van der Waals surface area contributed by atoms with Crippen LogP contribution in [-0.2, 0) is 9.59 Å². The minimum absolute atomic E-state index is 0.00189. The predicted molar refractivity (Wildman–Crippen MR) is 83.7 cm³/mol. The highest BCUT2D eigenvalue weighted by Crippen LogP contribution is 2.15.